The fourth-order valence-corrected chi connectivity index (χ4v) is 3.23. The van der Waals surface area contributed by atoms with Crippen molar-refractivity contribution in [3.05, 3.63) is 48.5 Å². The first kappa shape index (κ1) is 15.5. The third-order valence-corrected chi connectivity index (χ3v) is 4.93. The second-order valence-electron chi connectivity index (χ2n) is 4.24. The van der Waals surface area contributed by atoms with Gasteiger partial charge in [0.25, 0.3) is 0 Å². The fraction of sp³-hybridized carbons (Fsp3) is 0.0769. The van der Waals surface area contributed by atoms with Crippen LogP contribution in [0.2, 0.25) is 0 Å². The van der Waals surface area contributed by atoms with E-state index in [0.717, 1.165) is 0 Å². The minimum atomic E-state index is -3.60. The Morgan fingerprint density at radius 3 is 1.95 bits per heavy atom. The zero-order chi connectivity index (χ0) is 15.5. The number of benzene rings is 2. The van der Waals surface area contributed by atoms with Crippen LogP contribution in [0, 0.1) is 0 Å². The minimum absolute atomic E-state index is 0.121. The number of anilines is 2. The summed E-state index contributed by atoms with van der Waals surface area (Å²) in [5.74, 6) is -0.121. The number of sulfone groups is 1. The van der Waals surface area contributed by atoms with Gasteiger partial charge in [0.05, 0.1) is 9.79 Å². The summed E-state index contributed by atoms with van der Waals surface area (Å²) in [6.07, 6.45) is 0. The Morgan fingerprint density at radius 2 is 1.48 bits per heavy atom. The SMILES string of the molecule is Nc1ccc(S(=O)(=O)c2ccc(NCS(=O)O)cc2)cc1. The van der Waals surface area contributed by atoms with Gasteiger partial charge in [0.15, 0.2) is 11.1 Å². The van der Waals surface area contributed by atoms with Crippen molar-refractivity contribution < 1.29 is 17.2 Å². The largest absolute Gasteiger partial charge is 0.399 e. The van der Waals surface area contributed by atoms with E-state index >= 15 is 0 Å². The van der Waals surface area contributed by atoms with Gasteiger partial charge in [-0.05, 0) is 48.5 Å². The Balaban J connectivity index is 2.24. The van der Waals surface area contributed by atoms with E-state index in [1.165, 1.54) is 48.5 Å². The third-order valence-electron chi connectivity index (χ3n) is 2.75. The summed E-state index contributed by atoms with van der Waals surface area (Å²) in [5, 5.41) is 2.71. The van der Waals surface area contributed by atoms with Gasteiger partial charge in [0.2, 0.25) is 9.84 Å². The van der Waals surface area contributed by atoms with E-state index in [0.29, 0.717) is 11.4 Å². The Hall–Kier alpha value is -1.90. The molecule has 0 radical (unpaired) electrons. The molecule has 0 aliphatic heterocycles. The zero-order valence-electron chi connectivity index (χ0n) is 10.9. The zero-order valence-corrected chi connectivity index (χ0v) is 12.5. The molecule has 8 heteroatoms. The number of nitrogens with two attached hydrogens (primary N) is 1. The lowest BCUT2D eigenvalue weighted by Gasteiger charge is -2.07. The predicted molar refractivity (Wildman–Crippen MR) is 82.0 cm³/mol. The van der Waals surface area contributed by atoms with Crippen molar-refractivity contribution in [2.24, 2.45) is 0 Å². The van der Waals surface area contributed by atoms with Crippen molar-refractivity contribution in [1.82, 2.24) is 0 Å². The molecule has 0 heterocycles. The van der Waals surface area contributed by atoms with E-state index in [-0.39, 0.29) is 15.7 Å². The molecular weight excluding hydrogens is 312 g/mol. The number of nitrogens with one attached hydrogen (secondary N) is 1. The van der Waals surface area contributed by atoms with E-state index in [1.54, 1.807) is 0 Å². The lowest BCUT2D eigenvalue weighted by molar-refractivity contribution is 0.566. The molecule has 0 spiro atoms. The highest BCUT2D eigenvalue weighted by Gasteiger charge is 2.17. The van der Waals surface area contributed by atoms with Crippen LogP contribution in [-0.4, -0.2) is 23.1 Å². The lowest BCUT2D eigenvalue weighted by Crippen LogP contribution is -2.07. The molecule has 0 saturated heterocycles. The maximum atomic E-state index is 12.4. The molecule has 1 unspecified atom stereocenters. The van der Waals surface area contributed by atoms with Crippen LogP contribution >= 0.6 is 0 Å². The molecular formula is C13H14N2O4S2. The number of hydrogen-bond acceptors (Lipinski definition) is 5. The maximum absolute atomic E-state index is 12.4. The van der Waals surface area contributed by atoms with E-state index in [9.17, 15) is 12.6 Å². The summed E-state index contributed by atoms with van der Waals surface area (Å²) < 4.78 is 44.0. The maximum Gasteiger partial charge on any atom is 0.206 e. The second kappa shape index (κ2) is 6.25. The molecule has 0 fully saturated rings. The van der Waals surface area contributed by atoms with E-state index in [2.05, 4.69) is 5.32 Å². The van der Waals surface area contributed by atoms with Crippen LogP contribution in [0.15, 0.2) is 58.3 Å². The first-order chi connectivity index (χ1) is 9.89. The topological polar surface area (TPSA) is 109 Å². The highest BCUT2D eigenvalue weighted by Crippen LogP contribution is 2.23. The van der Waals surface area contributed by atoms with Gasteiger partial charge in [-0.15, -0.1) is 0 Å². The highest BCUT2D eigenvalue weighted by molar-refractivity contribution is 7.91. The standard InChI is InChI=1S/C13H14N2O4S2/c14-10-1-5-12(6-2-10)21(18,19)13-7-3-11(4-8-13)15-9-20(16)17/h1-8,15H,9,14H2,(H,16,17). The summed E-state index contributed by atoms with van der Waals surface area (Å²) in [7, 11) is -3.60. The molecule has 6 nitrogen and oxygen atoms in total. The third kappa shape index (κ3) is 3.81. The average molecular weight is 326 g/mol. The van der Waals surface area contributed by atoms with Crippen LogP contribution < -0.4 is 11.1 Å². The molecule has 2 aromatic rings. The summed E-state index contributed by atoms with van der Waals surface area (Å²) in [6.45, 7) is 0. The normalized spacial score (nSPS) is 12.8. The Kier molecular flexibility index (Phi) is 4.61. The molecule has 0 aliphatic rings. The quantitative estimate of drug-likeness (QED) is 0.570. The fourth-order valence-electron chi connectivity index (χ4n) is 1.68. The van der Waals surface area contributed by atoms with Crippen molar-refractivity contribution in [3.63, 3.8) is 0 Å². The van der Waals surface area contributed by atoms with Crippen molar-refractivity contribution >= 4 is 32.3 Å². The first-order valence-electron chi connectivity index (χ1n) is 5.91. The monoisotopic (exact) mass is 326 g/mol. The number of rotatable bonds is 5. The summed E-state index contributed by atoms with van der Waals surface area (Å²) in [4.78, 5) is 0.303. The second-order valence-corrected chi connectivity index (χ2v) is 7.12. The lowest BCUT2D eigenvalue weighted by atomic mass is 10.3. The highest BCUT2D eigenvalue weighted by atomic mass is 32.2. The predicted octanol–water partition coefficient (Wildman–Crippen LogP) is 1.69. The first-order valence-corrected chi connectivity index (χ1v) is 8.67. The number of nitrogen functional groups attached to an aromatic ring is 1. The van der Waals surface area contributed by atoms with Gasteiger partial charge in [-0.3, -0.25) is 0 Å². The summed E-state index contributed by atoms with van der Waals surface area (Å²) in [6, 6.07) is 11.9. The molecule has 2 rings (SSSR count). The molecule has 0 aromatic heterocycles. The van der Waals surface area contributed by atoms with Crippen molar-refractivity contribution in [3.8, 4) is 0 Å². The van der Waals surface area contributed by atoms with E-state index in [1.807, 2.05) is 0 Å². The molecule has 4 N–H and O–H groups in total. The van der Waals surface area contributed by atoms with Crippen LogP contribution in [0.3, 0.4) is 0 Å². The van der Waals surface area contributed by atoms with Crippen LogP contribution in [0.4, 0.5) is 11.4 Å². The molecule has 0 aliphatic carbocycles. The van der Waals surface area contributed by atoms with Gasteiger partial charge in [-0.2, -0.15) is 0 Å². The molecule has 1 atom stereocenters. The van der Waals surface area contributed by atoms with Crippen LogP contribution in [0.1, 0.15) is 0 Å². The molecule has 112 valence electrons. The minimum Gasteiger partial charge on any atom is -0.399 e. The number of hydrogen-bond donors (Lipinski definition) is 3. The molecule has 0 saturated carbocycles. The average Bonchev–Trinajstić information content (AvgIpc) is 2.46. The van der Waals surface area contributed by atoms with Gasteiger partial charge < -0.3 is 15.6 Å². The summed E-state index contributed by atoms with van der Waals surface area (Å²) >= 11 is -1.96. The molecule has 21 heavy (non-hydrogen) atoms. The Morgan fingerprint density at radius 1 is 1.00 bits per heavy atom. The smallest absolute Gasteiger partial charge is 0.206 e. The van der Waals surface area contributed by atoms with Gasteiger partial charge in [0.1, 0.15) is 5.88 Å². The Bertz CT molecular complexity index is 741. The molecule has 0 bridgehead atoms. The Labute approximate surface area is 125 Å². The molecule has 2 aromatic carbocycles. The van der Waals surface area contributed by atoms with Crippen LogP contribution in [0.5, 0.6) is 0 Å². The van der Waals surface area contributed by atoms with Crippen LogP contribution in [-0.2, 0) is 20.9 Å². The van der Waals surface area contributed by atoms with Gasteiger partial charge in [-0.1, -0.05) is 0 Å². The van der Waals surface area contributed by atoms with Crippen molar-refractivity contribution in [2.75, 3.05) is 16.9 Å². The van der Waals surface area contributed by atoms with Gasteiger partial charge >= 0.3 is 0 Å². The van der Waals surface area contributed by atoms with Crippen molar-refractivity contribution in [1.29, 1.82) is 0 Å². The van der Waals surface area contributed by atoms with Gasteiger partial charge in [0, 0.05) is 11.4 Å². The van der Waals surface area contributed by atoms with E-state index in [4.69, 9.17) is 10.3 Å². The van der Waals surface area contributed by atoms with Crippen molar-refractivity contribution in [2.45, 2.75) is 9.79 Å². The van der Waals surface area contributed by atoms with Gasteiger partial charge in [-0.25, -0.2) is 12.6 Å². The van der Waals surface area contributed by atoms with E-state index < -0.39 is 20.9 Å². The van der Waals surface area contributed by atoms with Crippen LogP contribution in [0.25, 0.3) is 0 Å². The molecule has 0 amide bonds. The summed E-state index contributed by atoms with van der Waals surface area (Å²) in [5.41, 5.74) is 6.59.